The first-order valence-electron chi connectivity index (χ1n) is 7.86. The number of fused-ring (bicyclic) bond motifs is 1. The van der Waals surface area contributed by atoms with E-state index in [9.17, 15) is 26.0 Å². The number of nitrogens with one attached hydrogen (secondary N) is 2. The molecule has 0 amide bonds. The molecule has 3 rings (SSSR count). The second kappa shape index (κ2) is 7.72. The minimum absolute atomic E-state index is 0.104. The molecule has 0 saturated heterocycles. The average Bonchev–Trinajstić information content (AvgIpc) is 2.95. The van der Waals surface area contributed by atoms with Gasteiger partial charge in [0.05, 0.1) is 0 Å². The third-order valence-electron chi connectivity index (χ3n) is 3.84. The summed E-state index contributed by atoms with van der Waals surface area (Å²) in [5.41, 5.74) is 1.35. The summed E-state index contributed by atoms with van der Waals surface area (Å²) in [7, 11) is -4.27. The molecule has 11 heteroatoms. The predicted octanol–water partition coefficient (Wildman–Crippen LogP) is 4.49. The number of sulfonamides is 1. The van der Waals surface area contributed by atoms with Crippen LogP contribution in [0.3, 0.4) is 0 Å². The Balaban J connectivity index is 1.78. The van der Waals surface area contributed by atoms with E-state index in [2.05, 4.69) is 30.4 Å². The predicted molar refractivity (Wildman–Crippen MR) is 98.0 cm³/mol. The molecule has 0 bridgehead atoms. The highest BCUT2D eigenvalue weighted by molar-refractivity contribution is 9.10. The van der Waals surface area contributed by atoms with Crippen LogP contribution in [0.1, 0.15) is 5.56 Å². The molecule has 0 aliphatic carbocycles. The van der Waals surface area contributed by atoms with E-state index in [0.29, 0.717) is 16.5 Å². The van der Waals surface area contributed by atoms with Gasteiger partial charge >= 0.3 is 6.36 Å². The van der Waals surface area contributed by atoms with Crippen molar-refractivity contribution in [1.82, 2.24) is 9.71 Å². The van der Waals surface area contributed by atoms with E-state index in [-0.39, 0.29) is 17.4 Å². The van der Waals surface area contributed by atoms with E-state index < -0.39 is 32.8 Å². The number of H-pyrrole nitrogens is 1. The lowest BCUT2D eigenvalue weighted by molar-refractivity contribution is -0.275. The maximum atomic E-state index is 13.4. The fraction of sp³-hybridized carbons (Fsp3) is 0.176. The highest BCUT2D eigenvalue weighted by Gasteiger charge is 2.34. The van der Waals surface area contributed by atoms with Crippen LogP contribution in [-0.2, 0) is 16.4 Å². The second-order valence-corrected chi connectivity index (χ2v) is 8.44. The smallest absolute Gasteiger partial charge is 0.404 e. The molecule has 1 aromatic heterocycles. The summed E-state index contributed by atoms with van der Waals surface area (Å²) in [6.07, 6.45) is -3.22. The molecule has 3 aromatic rings. The summed E-state index contributed by atoms with van der Waals surface area (Å²) in [5.74, 6) is -1.28. The zero-order valence-electron chi connectivity index (χ0n) is 14.0. The Kier molecular flexibility index (Phi) is 5.69. The highest BCUT2D eigenvalue weighted by atomic mass is 79.9. The Morgan fingerprint density at radius 3 is 2.61 bits per heavy atom. The van der Waals surface area contributed by atoms with Crippen molar-refractivity contribution in [3.63, 3.8) is 0 Å². The summed E-state index contributed by atoms with van der Waals surface area (Å²) < 4.78 is 82.3. The minimum Gasteiger partial charge on any atom is -0.404 e. The van der Waals surface area contributed by atoms with Crippen molar-refractivity contribution in [2.45, 2.75) is 17.7 Å². The molecule has 0 aliphatic heterocycles. The molecule has 0 unspecified atom stereocenters. The van der Waals surface area contributed by atoms with Crippen LogP contribution >= 0.6 is 15.9 Å². The topological polar surface area (TPSA) is 71.2 Å². The van der Waals surface area contributed by atoms with Crippen molar-refractivity contribution in [2.24, 2.45) is 0 Å². The van der Waals surface area contributed by atoms with Gasteiger partial charge in [0.15, 0.2) is 5.75 Å². The van der Waals surface area contributed by atoms with Gasteiger partial charge in [0.1, 0.15) is 10.7 Å². The summed E-state index contributed by atoms with van der Waals surface area (Å²) in [6.45, 7) is -0.104. The molecule has 0 aliphatic rings. The molecule has 2 N–H and O–H groups in total. The van der Waals surface area contributed by atoms with Crippen LogP contribution in [-0.4, -0.2) is 26.3 Å². The molecule has 0 spiro atoms. The standard InChI is InChI=1S/C17H13BrF4N2O3S/c18-11-1-4-16(15(7-11)27-17(20,21)22)28(25,26)24-6-5-10-9-23-14-3-2-12(19)8-13(10)14/h1-4,7-9,23-24H,5-6H2. The van der Waals surface area contributed by atoms with Crippen molar-refractivity contribution >= 4 is 36.9 Å². The number of alkyl halides is 3. The largest absolute Gasteiger partial charge is 0.573 e. The van der Waals surface area contributed by atoms with Crippen LogP contribution in [0.2, 0.25) is 0 Å². The van der Waals surface area contributed by atoms with Gasteiger partial charge in [-0.2, -0.15) is 0 Å². The van der Waals surface area contributed by atoms with Gasteiger partial charge in [0.25, 0.3) is 0 Å². The van der Waals surface area contributed by atoms with E-state index in [1.807, 2.05) is 0 Å². The van der Waals surface area contributed by atoms with Crippen molar-refractivity contribution in [1.29, 1.82) is 0 Å². The zero-order valence-corrected chi connectivity index (χ0v) is 16.4. The van der Waals surface area contributed by atoms with Crippen LogP contribution in [0.15, 0.2) is 52.0 Å². The van der Waals surface area contributed by atoms with Crippen molar-refractivity contribution in [3.05, 3.63) is 58.4 Å². The first-order chi connectivity index (χ1) is 13.0. The molecular weight excluding hydrogens is 468 g/mol. The maximum Gasteiger partial charge on any atom is 0.573 e. The zero-order chi connectivity index (χ0) is 20.5. The number of halogens is 5. The summed E-state index contributed by atoms with van der Waals surface area (Å²) >= 11 is 2.98. The first kappa shape index (κ1) is 20.6. The van der Waals surface area contributed by atoms with Crippen LogP contribution < -0.4 is 9.46 Å². The Morgan fingerprint density at radius 2 is 1.89 bits per heavy atom. The number of hydrogen-bond donors (Lipinski definition) is 2. The minimum atomic E-state index is -5.04. The molecule has 2 aromatic carbocycles. The van der Waals surface area contributed by atoms with Crippen LogP contribution in [0.5, 0.6) is 5.75 Å². The van der Waals surface area contributed by atoms with Crippen molar-refractivity contribution < 1.29 is 30.7 Å². The lowest BCUT2D eigenvalue weighted by Crippen LogP contribution is -2.27. The van der Waals surface area contributed by atoms with E-state index >= 15 is 0 Å². The molecule has 150 valence electrons. The van der Waals surface area contributed by atoms with E-state index in [0.717, 1.165) is 12.1 Å². The van der Waals surface area contributed by atoms with Crippen LogP contribution in [0.25, 0.3) is 10.9 Å². The van der Waals surface area contributed by atoms with Crippen molar-refractivity contribution in [2.75, 3.05) is 6.54 Å². The van der Waals surface area contributed by atoms with Crippen LogP contribution in [0, 0.1) is 5.82 Å². The molecule has 28 heavy (non-hydrogen) atoms. The number of aromatic amines is 1. The Labute approximate surface area is 165 Å². The van der Waals surface area contributed by atoms with Gasteiger partial charge in [-0.05, 0) is 48.4 Å². The normalized spacial score (nSPS) is 12.5. The van der Waals surface area contributed by atoms with E-state index in [1.54, 1.807) is 12.3 Å². The molecule has 5 nitrogen and oxygen atoms in total. The number of rotatable bonds is 6. The quantitative estimate of drug-likeness (QED) is 0.510. The van der Waals surface area contributed by atoms with Crippen LogP contribution in [0.4, 0.5) is 17.6 Å². The van der Waals surface area contributed by atoms with Gasteiger partial charge in [-0.1, -0.05) is 15.9 Å². The highest BCUT2D eigenvalue weighted by Crippen LogP contribution is 2.32. The van der Waals surface area contributed by atoms with Gasteiger partial charge in [-0.15, -0.1) is 13.2 Å². The molecule has 0 atom stereocenters. The van der Waals surface area contributed by atoms with Gasteiger partial charge < -0.3 is 9.72 Å². The molecule has 1 heterocycles. The SMILES string of the molecule is O=S(=O)(NCCc1c[nH]c2ccc(F)cc12)c1ccc(Br)cc1OC(F)(F)F. The number of aromatic nitrogens is 1. The van der Waals surface area contributed by atoms with Gasteiger partial charge in [-0.25, -0.2) is 17.5 Å². The van der Waals surface area contributed by atoms with Crippen molar-refractivity contribution in [3.8, 4) is 5.75 Å². The summed E-state index contributed by atoms with van der Waals surface area (Å²) in [4.78, 5) is 2.30. The first-order valence-corrected chi connectivity index (χ1v) is 10.1. The molecular formula is C17H13BrF4N2O3S. The monoisotopic (exact) mass is 480 g/mol. The fourth-order valence-corrected chi connectivity index (χ4v) is 4.14. The van der Waals surface area contributed by atoms with Gasteiger partial charge in [-0.3, -0.25) is 0 Å². The summed E-state index contributed by atoms with van der Waals surface area (Å²) in [6, 6.07) is 7.39. The second-order valence-electron chi connectivity index (χ2n) is 5.79. The van der Waals surface area contributed by atoms with Gasteiger partial charge in [0.2, 0.25) is 10.0 Å². The lowest BCUT2D eigenvalue weighted by Gasteiger charge is -2.14. The number of benzene rings is 2. The van der Waals surface area contributed by atoms with E-state index in [1.165, 1.54) is 18.2 Å². The molecule has 0 saturated carbocycles. The van der Waals surface area contributed by atoms with E-state index in [4.69, 9.17) is 0 Å². The third kappa shape index (κ3) is 4.83. The Morgan fingerprint density at radius 1 is 1.14 bits per heavy atom. The maximum absolute atomic E-state index is 13.4. The average molecular weight is 481 g/mol. The fourth-order valence-electron chi connectivity index (χ4n) is 2.66. The Hall–Kier alpha value is -2.11. The lowest BCUT2D eigenvalue weighted by atomic mass is 10.1. The molecule has 0 fully saturated rings. The number of hydrogen-bond acceptors (Lipinski definition) is 3. The molecule has 0 radical (unpaired) electrons. The third-order valence-corrected chi connectivity index (χ3v) is 5.83. The van der Waals surface area contributed by atoms with Gasteiger partial charge in [0, 0.05) is 28.1 Å². The number of ether oxygens (including phenoxy) is 1. The summed E-state index contributed by atoms with van der Waals surface area (Å²) in [5, 5.41) is 0.601. The Bertz CT molecular complexity index is 1110.